The van der Waals surface area contributed by atoms with Crippen molar-refractivity contribution in [2.45, 2.75) is 4.90 Å². The second-order valence-electron chi connectivity index (χ2n) is 3.62. The van der Waals surface area contributed by atoms with Crippen LogP contribution in [0.4, 0.5) is 5.69 Å². The molecule has 6 nitrogen and oxygen atoms in total. The Labute approximate surface area is 111 Å². The SMILES string of the molecule is CNC(=O)CN(C)S(=O)(=O)c1ccc(N)cc1Cl. The Balaban J connectivity index is 3.09. The molecule has 0 atom stereocenters. The molecule has 0 unspecified atom stereocenters. The Morgan fingerprint density at radius 3 is 2.61 bits per heavy atom. The van der Waals surface area contributed by atoms with Crippen molar-refractivity contribution in [2.24, 2.45) is 0 Å². The molecule has 1 aromatic rings. The van der Waals surface area contributed by atoms with Crippen LogP contribution < -0.4 is 11.1 Å². The van der Waals surface area contributed by atoms with E-state index in [2.05, 4.69) is 5.32 Å². The van der Waals surface area contributed by atoms with Crippen molar-refractivity contribution < 1.29 is 13.2 Å². The van der Waals surface area contributed by atoms with Crippen LogP contribution in [0, 0.1) is 0 Å². The number of sulfonamides is 1. The lowest BCUT2D eigenvalue weighted by Crippen LogP contribution is -2.37. The van der Waals surface area contributed by atoms with Gasteiger partial charge in [0.25, 0.3) is 0 Å². The molecule has 0 spiro atoms. The van der Waals surface area contributed by atoms with E-state index in [4.69, 9.17) is 17.3 Å². The Morgan fingerprint density at radius 1 is 1.50 bits per heavy atom. The first-order valence-corrected chi connectivity index (χ1v) is 6.82. The minimum absolute atomic E-state index is 0.0266. The molecule has 0 bridgehead atoms. The molecule has 1 rings (SSSR count). The Bertz CT molecular complexity index is 559. The molecule has 3 N–H and O–H groups in total. The van der Waals surface area contributed by atoms with Crippen LogP contribution in [-0.4, -0.2) is 39.3 Å². The summed E-state index contributed by atoms with van der Waals surface area (Å²) in [6.45, 7) is -0.278. The largest absolute Gasteiger partial charge is 0.399 e. The first-order valence-electron chi connectivity index (χ1n) is 5.01. The third-order valence-corrected chi connectivity index (χ3v) is 4.58. The number of nitrogens with two attached hydrogens (primary N) is 1. The number of hydrogen-bond acceptors (Lipinski definition) is 4. The van der Waals surface area contributed by atoms with Crippen molar-refractivity contribution >= 4 is 33.2 Å². The highest BCUT2D eigenvalue weighted by atomic mass is 35.5. The smallest absolute Gasteiger partial charge is 0.244 e. The fourth-order valence-corrected chi connectivity index (χ4v) is 2.91. The molecule has 18 heavy (non-hydrogen) atoms. The minimum Gasteiger partial charge on any atom is -0.399 e. The zero-order valence-corrected chi connectivity index (χ0v) is 11.5. The van der Waals surface area contributed by atoms with E-state index < -0.39 is 15.9 Å². The van der Waals surface area contributed by atoms with Gasteiger partial charge < -0.3 is 11.1 Å². The standard InChI is InChI=1S/C10H14ClN3O3S/c1-13-10(15)6-14(2)18(16,17)9-4-3-7(12)5-8(9)11/h3-5H,6,12H2,1-2H3,(H,13,15). The summed E-state index contributed by atoms with van der Waals surface area (Å²) in [5.41, 5.74) is 5.86. The lowest BCUT2D eigenvalue weighted by atomic mass is 10.3. The number of benzene rings is 1. The molecule has 0 aliphatic rings. The first-order chi connectivity index (χ1) is 8.28. The Kier molecular flexibility index (Phi) is 4.55. The maximum absolute atomic E-state index is 12.1. The molecular weight excluding hydrogens is 278 g/mol. The van der Waals surface area contributed by atoms with E-state index in [1.54, 1.807) is 0 Å². The molecule has 100 valence electrons. The predicted octanol–water partition coefficient (Wildman–Crippen LogP) is 0.289. The summed E-state index contributed by atoms with van der Waals surface area (Å²) < 4.78 is 25.2. The highest BCUT2D eigenvalue weighted by molar-refractivity contribution is 7.89. The number of halogens is 1. The van der Waals surface area contributed by atoms with Crippen LogP contribution in [0.25, 0.3) is 0 Å². The van der Waals surface area contributed by atoms with Gasteiger partial charge in [-0.15, -0.1) is 0 Å². The molecule has 0 aromatic heterocycles. The van der Waals surface area contributed by atoms with E-state index in [-0.39, 0.29) is 16.5 Å². The number of nitrogens with zero attached hydrogens (tertiary/aromatic N) is 1. The molecule has 0 heterocycles. The number of nitrogen functional groups attached to an aromatic ring is 1. The van der Waals surface area contributed by atoms with E-state index in [0.717, 1.165) is 4.31 Å². The van der Waals surface area contributed by atoms with Crippen molar-refractivity contribution in [1.82, 2.24) is 9.62 Å². The van der Waals surface area contributed by atoms with Crippen LogP contribution in [0.1, 0.15) is 0 Å². The first kappa shape index (κ1) is 14.7. The van der Waals surface area contributed by atoms with Crippen LogP contribution >= 0.6 is 11.6 Å². The number of carbonyl (C=O) groups excluding carboxylic acids is 1. The van der Waals surface area contributed by atoms with Crippen LogP contribution in [-0.2, 0) is 14.8 Å². The number of carbonyl (C=O) groups is 1. The van der Waals surface area contributed by atoms with Gasteiger partial charge in [0.05, 0.1) is 11.6 Å². The molecule has 1 amide bonds. The zero-order valence-electron chi connectivity index (χ0n) is 9.97. The van der Waals surface area contributed by atoms with Gasteiger partial charge in [0.1, 0.15) is 4.90 Å². The lowest BCUT2D eigenvalue weighted by molar-refractivity contribution is -0.120. The van der Waals surface area contributed by atoms with Gasteiger partial charge in [-0.05, 0) is 18.2 Å². The number of likely N-dealkylation sites (N-methyl/N-ethyl adjacent to an activating group) is 2. The predicted molar refractivity (Wildman–Crippen MR) is 69.7 cm³/mol. The maximum Gasteiger partial charge on any atom is 0.244 e. The van der Waals surface area contributed by atoms with E-state index >= 15 is 0 Å². The lowest BCUT2D eigenvalue weighted by Gasteiger charge is -2.17. The summed E-state index contributed by atoms with van der Waals surface area (Å²) in [5.74, 6) is -0.410. The zero-order chi connectivity index (χ0) is 13.9. The van der Waals surface area contributed by atoms with Crippen molar-refractivity contribution in [1.29, 1.82) is 0 Å². The number of hydrogen-bond donors (Lipinski definition) is 2. The summed E-state index contributed by atoms with van der Waals surface area (Å²) >= 11 is 5.84. The van der Waals surface area contributed by atoms with E-state index in [1.807, 2.05) is 0 Å². The summed E-state index contributed by atoms with van der Waals surface area (Å²) in [5, 5.41) is 2.37. The summed E-state index contributed by atoms with van der Waals surface area (Å²) in [6, 6.07) is 4.10. The van der Waals surface area contributed by atoms with Gasteiger partial charge in [0.15, 0.2) is 0 Å². The number of nitrogens with one attached hydrogen (secondary N) is 1. The average molecular weight is 292 g/mol. The molecule has 0 saturated carbocycles. The fraction of sp³-hybridized carbons (Fsp3) is 0.300. The fourth-order valence-electron chi connectivity index (χ4n) is 1.26. The summed E-state index contributed by atoms with van der Waals surface area (Å²) in [7, 11) is -1.07. The third kappa shape index (κ3) is 3.12. The van der Waals surface area contributed by atoms with Gasteiger partial charge in [-0.25, -0.2) is 8.42 Å². The third-order valence-electron chi connectivity index (χ3n) is 2.29. The van der Waals surface area contributed by atoms with Gasteiger partial charge in [-0.3, -0.25) is 4.79 Å². The number of anilines is 1. The van der Waals surface area contributed by atoms with Crippen LogP contribution in [0.5, 0.6) is 0 Å². The molecule has 0 aliphatic carbocycles. The molecule has 0 aliphatic heterocycles. The van der Waals surface area contributed by atoms with Gasteiger partial charge in [-0.1, -0.05) is 11.6 Å². The van der Waals surface area contributed by atoms with Crippen molar-refractivity contribution in [3.05, 3.63) is 23.2 Å². The van der Waals surface area contributed by atoms with E-state index in [1.165, 1.54) is 32.3 Å². The van der Waals surface area contributed by atoms with Crippen molar-refractivity contribution in [2.75, 3.05) is 26.4 Å². The summed E-state index contributed by atoms with van der Waals surface area (Å²) in [6.07, 6.45) is 0. The molecule has 0 radical (unpaired) electrons. The highest BCUT2D eigenvalue weighted by Gasteiger charge is 2.25. The highest BCUT2D eigenvalue weighted by Crippen LogP contribution is 2.25. The second kappa shape index (κ2) is 5.55. The van der Waals surface area contributed by atoms with Gasteiger partial charge in [0.2, 0.25) is 15.9 Å². The quantitative estimate of drug-likeness (QED) is 0.780. The number of amides is 1. The van der Waals surface area contributed by atoms with Gasteiger partial charge >= 0.3 is 0 Å². The molecule has 8 heteroatoms. The monoisotopic (exact) mass is 291 g/mol. The van der Waals surface area contributed by atoms with Crippen LogP contribution in [0.15, 0.2) is 23.1 Å². The van der Waals surface area contributed by atoms with Gasteiger partial charge in [-0.2, -0.15) is 4.31 Å². The van der Waals surface area contributed by atoms with Crippen molar-refractivity contribution in [3.63, 3.8) is 0 Å². The molecule has 0 saturated heterocycles. The Hall–Kier alpha value is -1.31. The average Bonchev–Trinajstić information content (AvgIpc) is 2.28. The number of rotatable bonds is 4. The van der Waals surface area contributed by atoms with E-state index in [0.29, 0.717) is 5.69 Å². The Morgan fingerprint density at radius 2 is 2.11 bits per heavy atom. The molecule has 1 aromatic carbocycles. The van der Waals surface area contributed by atoms with Crippen LogP contribution in [0.2, 0.25) is 5.02 Å². The minimum atomic E-state index is -3.81. The van der Waals surface area contributed by atoms with Gasteiger partial charge in [0, 0.05) is 19.8 Å². The maximum atomic E-state index is 12.1. The molecular formula is C10H14ClN3O3S. The normalized spacial score (nSPS) is 11.6. The van der Waals surface area contributed by atoms with E-state index in [9.17, 15) is 13.2 Å². The molecule has 0 fully saturated rings. The van der Waals surface area contributed by atoms with Crippen LogP contribution in [0.3, 0.4) is 0 Å². The second-order valence-corrected chi connectivity index (χ2v) is 6.04. The van der Waals surface area contributed by atoms with Crippen molar-refractivity contribution in [3.8, 4) is 0 Å². The summed E-state index contributed by atoms with van der Waals surface area (Å²) in [4.78, 5) is 11.1. The topological polar surface area (TPSA) is 92.5 Å².